The third kappa shape index (κ3) is 5.06. The molecule has 0 bridgehead atoms. The average molecular weight is 440 g/mol. The number of halogens is 4. The predicted octanol–water partition coefficient (Wildman–Crippen LogP) is 5.73. The van der Waals surface area contributed by atoms with E-state index in [4.69, 9.17) is 11.6 Å². The lowest BCUT2D eigenvalue weighted by Gasteiger charge is -2.13. The Bertz CT molecular complexity index is 1080. The third-order valence-corrected chi connectivity index (χ3v) is 4.29. The van der Waals surface area contributed by atoms with Crippen molar-refractivity contribution >= 4 is 40.3 Å². The highest BCUT2D eigenvalue weighted by Crippen LogP contribution is 2.35. The van der Waals surface area contributed by atoms with Crippen molar-refractivity contribution in [2.75, 3.05) is 10.6 Å². The second kappa shape index (κ2) is 8.41. The van der Waals surface area contributed by atoms with Crippen LogP contribution in [0, 0.1) is 17.0 Å². The Hall–Kier alpha value is -3.60. The first-order valence-corrected chi connectivity index (χ1v) is 8.66. The maximum Gasteiger partial charge on any atom is 0.573 e. The minimum absolute atomic E-state index is 0.0834. The van der Waals surface area contributed by atoms with E-state index >= 15 is 0 Å². The summed E-state index contributed by atoms with van der Waals surface area (Å²) in [6.45, 7) is 1.74. The number of hydrogen-bond acceptors (Lipinski definition) is 7. The number of rotatable bonds is 6. The van der Waals surface area contributed by atoms with Gasteiger partial charge in [-0.1, -0.05) is 17.7 Å². The molecule has 0 aliphatic carbocycles. The molecular weight excluding hydrogens is 427 g/mol. The number of alkyl halides is 3. The molecule has 8 nitrogen and oxygen atoms in total. The van der Waals surface area contributed by atoms with Crippen molar-refractivity contribution < 1.29 is 22.8 Å². The number of anilines is 4. The highest BCUT2D eigenvalue weighted by Gasteiger charge is 2.31. The molecule has 1 aromatic heterocycles. The smallest absolute Gasteiger partial charge is 0.406 e. The lowest BCUT2D eigenvalue weighted by Crippen LogP contribution is -2.17. The molecule has 2 N–H and O–H groups in total. The van der Waals surface area contributed by atoms with Gasteiger partial charge in [-0.3, -0.25) is 10.1 Å². The van der Waals surface area contributed by atoms with E-state index in [2.05, 4.69) is 25.3 Å². The van der Waals surface area contributed by atoms with Crippen LogP contribution in [0.4, 0.5) is 41.9 Å². The normalized spacial score (nSPS) is 11.1. The molecule has 2 aromatic carbocycles. The largest absolute Gasteiger partial charge is 0.573 e. The van der Waals surface area contributed by atoms with Crippen LogP contribution in [0.15, 0.2) is 48.8 Å². The first kappa shape index (κ1) is 21.1. The molecule has 156 valence electrons. The van der Waals surface area contributed by atoms with Crippen LogP contribution in [-0.2, 0) is 0 Å². The van der Waals surface area contributed by atoms with Gasteiger partial charge in [0.25, 0.3) is 0 Å². The average Bonchev–Trinajstić information content (AvgIpc) is 2.66. The Morgan fingerprint density at radius 2 is 1.70 bits per heavy atom. The summed E-state index contributed by atoms with van der Waals surface area (Å²) in [4.78, 5) is 18.8. The highest BCUT2D eigenvalue weighted by atomic mass is 35.5. The SMILES string of the molecule is Cc1c(Cl)cccc1Nc1ncnc(Nc2ccc(OC(F)(F)F)cc2)c1[N+](=O)[O-]. The Kier molecular flexibility index (Phi) is 5.92. The molecule has 12 heteroatoms. The van der Waals surface area contributed by atoms with Gasteiger partial charge in [0.05, 0.1) is 4.92 Å². The van der Waals surface area contributed by atoms with E-state index in [1.54, 1.807) is 25.1 Å². The van der Waals surface area contributed by atoms with E-state index in [1.165, 1.54) is 12.1 Å². The number of hydrogen-bond donors (Lipinski definition) is 2. The van der Waals surface area contributed by atoms with Crippen LogP contribution >= 0.6 is 11.6 Å². The van der Waals surface area contributed by atoms with Crippen LogP contribution in [0.3, 0.4) is 0 Å². The summed E-state index contributed by atoms with van der Waals surface area (Å²) in [5.41, 5.74) is 0.995. The van der Waals surface area contributed by atoms with Crippen LogP contribution in [-0.4, -0.2) is 21.3 Å². The lowest BCUT2D eigenvalue weighted by atomic mass is 10.2. The maximum absolute atomic E-state index is 12.3. The number of benzene rings is 2. The first-order valence-electron chi connectivity index (χ1n) is 8.28. The standard InChI is InChI=1S/C18H13ClF3N5O3/c1-10-13(19)3-2-4-14(10)26-17-15(27(28)29)16(23-9-24-17)25-11-5-7-12(8-6-11)30-18(20,21)22/h2-9H,1H3,(H2,23,24,25,26). The van der Waals surface area contributed by atoms with E-state index in [0.29, 0.717) is 16.3 Å². The second-order valence-corrected chi connectivity index (χ2v) is 6.32. The van der Waals surface area contributed by atoms with Crippen molar-refractivity contribution in [2.45, 2.75) is 13.3 Å². The summed E-state index contributed by atoms with van der Waals surface area (Å²) >= 11 is 6.07. The van der Waals surface area contributed by atoms with Crippen molar-refractivity contribution in [1.82, 2.24) is 9.97 Å². The van der Waals surface area contributed by atoms with Gasteiger partial charge in [-0.05, 0) is 48.9 Å². The van der Waals surface area contributed by atoms with Crippen LogP contribution in [0.2, 0.25) is 5.02 Å². The highest BCUT2D eigenvalue weighted by molar-refractivity contribution is 6.31. The number of nitro groups is 1. The van der Waals surface area contributed by atoms with Gasteiger partial charge in [-0.25, -0.2) is 9.97 Å². The van der Waals surface area contributed by atoms with Crippen LogP contribution in [0.25, 0.3) is 0 Å². The minimum Gasteiger partial charge on any atom is -0.406 e. The van der Waals surface area contributed by atoms with E-state index in [1.807, 2.05) is 0 Å². The first-order chi connectivity index (χ1) is 14.1. The lowest BCUT2D eigenvalue weighted by molar-refractivity contribution is -0.383. The summed E-state index contributed by atoms with van der Waals surface area (Å²) in [5, 5.41) is 17.7. The molecule has 0 atom stereocenters. The maximum atomic E-state index is 12.3. The number of nitrogens with one attached hydrogen (secondary N) is 2. The Morgan fingerprint density at radius 3 is 2.30 bits per heavy atom. The van der Waals surface area contributed by atoms with Gasteiger partial charge >= 0.3 is 12.0 Å². The van der Waals surface area contributed by atoms with Gasteiger partial charge in [0.15, 0.2) is 0 Å². The molecule has 0 saturated carbocycles. The molecule has 0 aliphatic heterocycles. The van der Waals surface area contributed by atoms with Crippen LogP contribution < -0.4 is 15.4 Å². The fourth-order valence-corrected chi connectivity index (χ4v) is 2.66. The fraction of sp³-hybridized carbons (Fsp3) is 0.111. The van der Waals surface area contributed by atoms with Gasteiger partial charge in [0, 0.05) is 16.4 Å². The molecule has 1 heterocycles. The van der Waals surface area contributed by atoms with E-state index < -0.39 is 22.7 Å². The molecule has 0 spiro atoms. The molecule has 0 aliphatic rings. The Balaban J connectivity index is 1.89. The van der Waals surface area contributed by atoms with Crippen molar-refractivity contribution in [3.63, 3.8) is 0 Å². The molecule has 0 amide bonds. The Labute approximate surface area is 172 Å². The summed E-state index contributed by atoms with van der Waals surface area (Å²) in [6, 6.07) is 9.69. The molecule has 0 unspecified atom stereocenters. The molecule has 30 heavy (non-hydrogen) atoms. The quantitative estimate of drug-likeness (QED) is 0.373. The van der Waals surface area contributed by atoms with Crippen molar-refractivity contribution in [1.29, 1.82) is 0 Å². The van der Waals surface area contributed by atoms with E-state index in [0.717, 1.165) is 18.5 Å². The summed E-state index contributed by atoms with van der Waals surface area (Å²) < 4.78 is 40.6. The summed E-state index contributed by atoms with van der Waals surface area (Å²) in [7, 11) is 0. The van der Waals surface area contributed by atoms with Gasteiger partial charge < -0.3 is 15.4 Å². The zero-order valence-corrected chi connectivity index (χ0v) is 16.0. The fourth-order valence-electron chi connectivity index (χ4n) is 2.48. The zero-order chi connectivity index (χ0) is 21.9. The third-order valence-electron chi connectivity index (χ3n) is 3.88. The second-order valence-electron chi connectivity index (χ2n) is 5.91. The summed E-state index contributed by atoms with van der Waals surface area (Å²) in [5.74, 6) is -0.661. The Morgan fingerprint density at radius 1 is 1.07 bits per heavy atom. The topological polar surface area (TPSA) is 102 Å². The van der Waals surface area contributed by atoms with Crippen molar-refractivity contribution in [3.05, 3.63) is 69.5 Å². The molecular formula is C18H13ClF3N5O3. The number of ether oxygens (including phenoxy) is 1. The van der Waals surface area contributed by atoms with Gasteiger partial charge in [-0.15, -0.1) is 13.2 Å². The molecule has 0 saturated heterocycles. The zero-order valence-electron chi connectivity index (χ0n) is 15.2. The monoisotopic (exact) mass is 439 g/mol. The van der Waals surface area contributed by atoms with Gasteiger partial charge in [0.1, 0.15) is 12.1 Å². The minimum atomic E-state index is -4.82. The van der Waals surface area contributed by atoms with Crippen molar-refractivity contribution in [2.24, 2.45) is 0 Å². The molecule has 0 fully saturated rings. The number of nitrogens with zero attached hydrogens (tertiary/aromatic N) is 3. The number of aromatic nitrogens is 2. The molecule has 3 rings (SSSR count). The van der Waals surface area contributed by atoms with Crippen LogP contribution in [0.1, 0.15) is 5.56 Å². The molecule has 0 radical (unpaired) electrons. The van der Waals surface area contributed by atoms with Crippen LogP contribution in [0.5, 0.6) is 5.75 Å². The van der Waals surface area contributed by atoms with E-state index in [9.17, 15) is 23.3 Å². The van der Waals surface area contributed by atoms with Gasteiger partial charge in [-0.2, -0.15) is 0 Å². The molecule has 3 aromatic rings. The van der Waals surface area contributed by atoms with E-state index in [-0.39, 0.29) is 17.3 Å². The van der Waals surface area contributed by atoms with Crippen molar-refractivity contribution in [3.8, 4) is 5.75 Å². The predicted molar refractivity (Wildman–Crippen MR) is 105 cm³/mol. The van der Waals surface area contributed by atoms with Gasteiger partial charge in [0.2, 0.25) is 11.6 Å². The summed E-state index contributed by atoms with van der Waals surface area (Å²) in [6.07, 6.45) is -3.71.